The van der Waals surface area contributed by atoms with E-state index in [-0.39, 0.29) is 24.0 Å². The maximum atomic E-state index is 12.4. The quantitative estimate of drug-likeness (QED) is 0.434. The van der Waals surface area contributed by atoms with Gasteiger partial charge in [-0.3, -0.25) is 4.79 Å². The third-order valence-corrected chi connectivity index (χ3v) is 4.07. The smallest absolute Gasteiger partial charge is 0.406 e. The summed E-state index contributed by atoms with van der Waals surface area (Å²) in [5.74, 6) is -1.47. The summed E-state index contributed by atoms with van der Waals surface area (Å²) in [6.45, 7) is -0.712. The van der Waals surface area contributed by atoms with Gasteiger partial charge in [0.15, 0.2) is 5.65 Å². The molecule has 170 valence electrons. The second-order valence-corrected chi connectivity index (χ2v) is 6.32. The van der Waals surface area contributed by atoms with Gasteiger partial charge in [0.1, 0.15) is 5.75 Å². The Bertz CT molecular complexity index is 1140. The maximum absolute atomic E-state index is 12.4. The van der Waals surface area contributed by atoms with Crippen LogP contribution in [0.3, 0.4) is 0 Å². The third-order valence-electron chi connectivity index (χ3n) is 4.07. The lowest BCUT2D eigenvalue weighted by atomic mass is 10.1. The van der Waals surface area contributed by atoms with Gasteiger partial charge < -0.3 is 15.2 Å². The first-order chi connectivity index (χ1) is 15.0. The number of aromatic nitrogens is 3. The lowest BCUT2D eigenvalue weighted by Gasteiger charge is -2.09. The molecule has 1 amide bonds. The highest BCUT2D eigenvalue weighted by atomic mass is 19.4. The van der Waals surface area contributed by atoms with E-state index in [9.17, 15) is 36.2 Å². The van der Waals surface area contributed by atoms with Crippen LogP contribution in [0.15, 0.2) is 48.7 Å². The van der Waals surface area contributed by atoms with Crippen molar-refractivity contribution in [3.63, 3.8) is 0 Å². The van der Waals surface area contributed by atoms with Crippen molar-refractivity contribution in [2.45, 2.75) is 25.7 Å². The highest BCUT2D eigenvalue weighted by Gasteiger charge is 2.31. The number of amides is 1. The van der Waals surface area contributed by atoms with Crippen LogP contribution in [-0.2, 0) is 17.9 Å². The minimum atomic E-state index is -4.86. The van der Waals surface area contributed by atoms with Crippen LogP contribution in [0, 0.1) is 0 Å². The van der Waals surface area contributed by atoms with Crippen LogP contribution in [0.4, 0.5) is 26.3 Å². The molecular formula is C19H14F6N4O3. The van der Waals surface area contributed by atoms with Crippen molar-refractivity contribution in [1.29, 1.82) is 0 Å². The number of hydrogen-bond acceptors (Lipinski definition) is 5. The molecule has 0 aliphatic heterocycles. The number of pyridine rings is 1. The molecule has 0 saturated heterocycles. The zero-order valence-electron chi connectivity index (χ0n) is 15.9. The van der Waals surface area contributed by atoms with Crippen LogP contribution in [0.25, 0.3) is 16.7 Å². The summed E-state index contributed by atoms with van der Waals surface area (Å²) >= 11 is 0. The number of benzene rings is 1. The average Bonchev–Trinajstić information content (AvgIpc) is 3.08. The van der Waals surface area contributed by atoms with Crippen molar-refractivity contribution < 1.29 is 41.0 Å². The van der Waals surface area contributed by atoms with Crippen molar-refractivity contribution in [3.05, 3.63) is 59.9 Å². The Balaban J connectivity index is 1.93. The summed E-state index contributed by atoms with van der Waals surface area (Å²) < 4.78 is 78.8. The largest absolute Gasteiger partial charge is 0.573 e. The molecule has 0 bridgehead atoms. The van der Waals surface area contributed by atoms with E-state index in [0.29, 0.717) is 22.7 Å². The fourth-order valence-corrected chi connectivity index (χ4v) is 2.81. The zero-order valence-corrected chi connectivity index (χ0v) is 15.9. The zero-order chi connectivity index (χ0) is 23.5. The molecule has 0 spiro atoms. The summed E-state index contributed by atoms with van der Waals surface area (Å²) in [6, 6.07) is 6.19. The van der Waals surface area contributed by atoms with Crippen LogP contribution < -0.4 is 10.1 Å². The number of rotatable bonds is 6. The number of carbonyl (C=O) groups is 1. The van der Waals surface area contributed by atoms with E-state index in [2.05, 4.69) is 20.1 Å². The van der Waals surface area contributed by atoms with Gasteiger partial charge in [-0.1, -0.05) is 0 Å². The Kier molecular flexibility index (Phi) is 6.39. The standard InChI is InChI=1S/C19H14F6N4O3/c20-18(21,22)7-5-15(31)27-9-14-16-11(10-30)6-8-26-17(16)29(28-14)12-1-3-13(4-2-12)32-19(23,24)25/h1-8,30H,9-10H2,(H,27,31)/b7-5+. The highest BCUT2D eigenvalue weighted by molar-refractivity contribution is 5.88. The van der Waals surface area contributed by atoms with Crippen LogP contribution in [0.1, 0.15) is 11.3 Å². The Morgan fingerprint density at radius 2 is 1.81 bits per heavy atom. The molecule has 1 aromatic carbocycles. The van der Waals surface area contributed by atoms with Gasteiger partial charge in [0.2, 0.25) is 5.91 Å². The summed E-state index contributed by atoms with van der Waals surface area (Å²) in [5, 5.41) is 16.5. The van der Waals surface area contributed by atoms with E-state index in [1.165, 1.54) is 29.1 Å². The number of allylic oxidation sites excluding steroid dienone is 1. The van der Waals surface area contributed by atoms with Gasteiger partial charge in [0.05, 0.1) is 24.5 Å². The summed E-state index contributed by atoms with van der Waals surface area (Å²) in [4.78, 5) is 15.8. The molecule has 0 radical (unpaired) electrons. The minimum absolute atomic E-state index is 0.182. The molecule has 0 unspecified atom stereocenters. The second kappa shape index (κ2) is 8.86. The van der Waals surface area contributed by atoms with Crippen LogP contribution in [0.2, 0.25) is 0 Å². The van der Waals surface area contributed by atoms with Gasteiger partial charge in [-0.25, -0.2) is 9.67 Å². The first kappa shape index (κ1) is 23.1. The van der Waals surface area contributed by atoms with Crippen molar-refractivity contribution in [3.8, 4) is 11.4 Å². The summed E-state index contributed by atoms with van der Waals surface area (Å²) in [5.41, 5.74) is 1.08. The Morgan fingerprint density at radius 3 is 2.41 bits per heavy atom. The molecule has 0 fully saturated rings. The van der Waals surface area contributed by atoms with Crippen molar-refractivity contribution >= 4 is 16.9 Å². The molecule has 0 aliphatic rings. The predicted octanol–water partition coefficient (Wildman–Crippen LogP) is 3.55. The molecule has 13 heteroatoms. The van der Waals surface area contributed by atoms with Gasteiger partial charge in [-0.2, -0.15) is 18.3 Å². The van der Waals surface area contributed by atoms with Crippen LogP contribution in [-0.4, -0.2) is 38.3 Å². The Labute approximate surface area is 175 Å². The van der Waals surface area contributed by atoms with Crippen LogP contribution in [0.5, 0.6) is 5.75 Å². The number of halogens is 6. The maximum Gasteiger partial charge on any atom is 0.573 e. The van der Waals surface area contributed by atoms with Gasteiger partial charge in [-0.05, 0) is 35.9 Å². The Morgan fingerprint density at radius 1 is 1.12 bits per heavy atom. The first-order valence-electron chi connectivity index (χ1n) is 8.83. The van der Waals surface area contributed by atoms with Gasteiger partial charge in [-0.15, -0.1) is 13.2 Å². The van der Waals surface area contributed by atoms with E-state index < -0.39 is 30.8 Å². The van der Waals surface area contributed by atoms with Gasteiger partial charge >= 0.3 is 12.5 Å². The fraction of sp³-hybridized carbons (Fsp3) is 0.211. The van der Waals surface area contributed by atoms with E-state index >= 15 is 0 Å². The molecule has 3 rings (SSSR count). The minimum Gasteiger partial charge on any atom is -0.406 e. The molecule has 2 aromatic heterocycles. The number of nitrogens with one attached hydrogen (secondary N) is 1. The molecule has 0 atom stereocenters. The molecular weight excluding hydrogens is 446 g/mol. The highest BCUT2D eigenvalue weighted by Crippen LogP contribution is 2.27. The van der Waals surface area contributed by atoms with Gasteiger partial charge in [0.25, 0.3) is 0 Å². The third kappa shape index (κ3) is 5.75. The Hall–Kier alpha value is -3.61. The first-order valence-corrected chi connectivity index (χ1v) is 8.83. The van der Waals surface area contributed by atoms with E-state index in [4.69, 9.17) is 0 Å². The lowest BCUT2D eigenvalue weighted by molar-refractivity contribution is -0.274. The molecule has 2 N–H and O–H groups in total. The molecule has 7 nitrogen and oxygen atoms in total. The fourth-order valence-electron chi connectivity index (χ4n) is 2.81. The molecule has 0 saturated carbocycles. The second-order valence-electron chi connectivity index (χ2n) is 6.32. The number of aliphatic hydroxyl groups is 1. The van der Waals surface area contributed by atoms with E-state index in [0.717, 1.165) is 12.1 Å². The molecule has 32 heavy (non-hydrogen) atoms. The monoisotopic (exact) mass is 460 g/mol. The van der Waals surface area contributed by atoms with Gasteiger partial charge in [0, 0.05) is 23.7 Å². The number of fused-ring (bicyclic) bond motifs is 1. The number of carbonyl (C=O) groups excluding carboxylic acids is 1. The van der Waals surface area contributed by atoms with Crippen LogP contribution >= 0.6 is 0 Å². The topological polar surface area (TPSA) is 89.3 Å². The van der Waals surface area contributed by atoms with E-state index in [1.54, 1.807) is 0 Å². The number of hydrogen-bond donors (Lipinski definition) is 2. The number of ether oxygens (including phenoxy) is 1. The molecule has 2 heterocycles. The van der Waals surface area contributed by atoms with Crippen molar-refractivity contribution in [2.75, 3.05) is 0 Å². The average molecular weight is 460 g/mol. The number of nitrogens with zero attached hydrogens (tertiary/aromatic N) is 3. The summed E-state index contributed by atoms with van der Waals surface area (Å²) in [7, 11) is 0. The SMILES string of the molecule is O=C(/C=C/C(F)(F)F)NCc1nn(-c2ccc(OC(F)(F)F)cc2)c2nccc(CO)c12. The number of alkyl halides is 6. The molecule has 0 aliphatic carbocycles. The lowest BCUT2D eigenvalue weighted by Crippen LogP contribution is -2.21. The summed E-state index contributed by atoms with van der Waals surface area (Å²) in [6.07, 6.45) is -8.03. The molecule has 3 aromatic rings. The predicted molar refractivity (Wildman–Crippen MR) is 98.5 cm³/mol. The number of aliphatic hydroxyl groups excluding tert-OH is 1. The normalized spacial score (nSPS) is 12.5. The van der Waals surface area contributed by atoms with Crippen molar-refractivity contribution in [2.24, 2.45) is 0 Å². The van der Waals surface area contributed by atoms with Crippen molar-refractivity contribution in [1.82, 2.24) is 20.1 Å². The van der Waals surface area contributed by atoms with E-state index in [1.807, 2.05) is 0 Å².